The fourth-order valence-corrected chi connectivity index (χ4v) is 1.58. The number of amides is 1. The predicted molar refractivity (Wildman–Crippen MR) is 69.3 cm³/mol. The lowest BCUT2D eigenvalue weighted by atomic mass is 9.98. The standard InChI is InChI=1S/C14H18N2O/c1-2-3-7-10-16-14(17)13(11-15)12-8-5-4-6-9-12/h4-6,8-9,13H,7,10-11,15H2,1H3,(H,16,17). The maximum Gasteiger partial charge on any atom is 0.228 e. The first-order valence-electron chi connectivity index (χ1n) is 5.72. The molecule has 1 aromatic carbocycles. The third-order valence-electron chi connectivity index (χ3n) is 2.48. The zero-order valence-electron chi connectivity index (χ0n) is 10.1. The lowest BCUT2D eigenvalue weighted by Gasteiger charge is -2.14. The third-order valence-corrected chi connectivity index (χ3v) is 2.48. The fourth-order valence-electron chi connectivity index (χ4n) is 1.58. The Balaban J connectivity index is 2.55. The van der Waals surface area contributed by atoms with Crippen LogP contribution in [-0.2, 0) is 4.79 Å². The summed E-state index contributed by atoms with van der Waals surface area (Å²) in [4.78, 5) is 11.9. The molecule has 1 unspecified atom stereocenters. The van der Waals surface area contributed by atoms with Crippen molar-refractivity contribution in [1.29, 1.82) is 0 Å². The van der Waals surface area contributed by atoms with Crippen LogP contribution in [0.2, 0.25) is 0 Å². The molecule has 0 aliphatic carbocycles. The third kappa shape index (κ3) is 4.29. The van der Waals surface area contributed by atoms with E-state index in [1.807, 2.05) is 30.3 Å². The van der Waals surface area contributed by atoms with Crippen molar-refractivity contribution < 1.29 is 4.79 Å². The van der Waals surface area contributed by atoms with Gasteiger partial charge in [0.1, 0.15) is 0 Å². The van der Waals surface area contributed by atoms with Crippen LogP contribution in [0.1, 0.15) is 24.8 Å². The summed E-state index contributed by atoms with van der Waals surface area (Å²) >= 11 is 0. The van der Waals surface area contributed by atoms with Crippen molar-refractivity contribution in [3.05, 3.63) is 35.9 Å². The van der Waals surface area contributed by atoms with Gasteiger partial charge in [-0.3, -0.25) is 4.79 Å². The lowest BCUT2D eigenvalue weighted by Crippen LogP contribution is -2.33. The number of hydrogen-bond donors (Lipinski definition) is 2. The van der Waals surface area contributed by atoms with E-state index >= 15 is 0 Å². The minimum absolute atomic E-state index is 0.0309. The summed E-state index contributed by atoms with van der Waals surface area (Å²) in [6.07, 6.45) is 0.675. The molecule has 0 aliphatic heterocycles. The zero-order valence-corrected chi connectivity index (χ0v) is 10.1. The van der Waals surface area contributed by atoms with Gasteiger partial charge in [-0.05, 0) is 12.5 Å². The number of hydrogen-bond acceptors (Lipinski definition) is 2. The first kappa shape index (κ1) is 13.3. The topological polar surface area (TPSA) is 55.1 Å². The monoisotopic (exact) mass is 230 g/mol. The molecule has 0 radical (unpaired) electrons. The van der Waals surface area contributed by atoms with Crippen molar-refractivity contribution in [2.45, 2.75) is 19.3 Å². The quantitative estimate of drug-likeness (QED) is 0.591. The van der Waals surface area contributed by atoms with Gasteiger partial charge in [0.15, 0.2) is 0 Å². The average Bonchev–Trinajstić information content (AvgIpc) is 2.37. The van der Waals surface area contributed by atoms with Gasteiger partial charge in [-0.2, -0.15) is 0 Å². The van der Waals surface area contributed by atoms with Crippen molar-refractivity contribution in [3.8, 4) is 11.8 Å². The van der Waals surface area contributed by atoms with E-state index in [1.54, 1.807) is 6.92 Å². The molecule has 0 aromatic heterocycles. The number of nitrogens with one attached hydrogen (secondary N) is 1. The molecule has 3 N–H and O–H groups in total. The average molecular weight is 230 g/mol. The summed E-state index contributed by atoms with van der Waals surface area (Å²) in [7, 11) is 0. The van der Waals surface area contributed by atoms with Gasteiger partial charge in [0, 0.05) is 19.5 Å². The molecule has 1 aromatic rings. The van der Waals surface area contributed by atoms with E-state index < -0.39 is 0 Å². The Kier molecular flexibility index (Phi) is 5.84. The van der Waals surface area contributed by atoms with Crippen LogP contribution in [0, 0.1) is 11.8 Å². The van der Waals surface area contributed by atoms with Crippen LogP contribution in [0.25, 0.3) is 0 Å². The lowest BCUT2D eigenvalue weighted by molar-refractivity contribution is -0.122. The Morgan fingerprint density at radius 3 is 2.71 bits per heavy atom. The Bertz CT molecular complexity index is 403. The van der Waals surface area contributed by atoms with E-state index in [4.69, 9.17) is 5.73 Å². The van der Waals surface area contributed by atoms with E-state index in [0.717, 1.165) is 5.56 Å². The van der Waals surface area contributed by atoms with Crippen molar-refractivity contribution in [2.75, 3.05) is 13.1 Å². The smallest absolute Gasteiger partial charge is 0.228 e. The van der Waals surface area contributed by atoms with Gasteiger partial charge in [0.05, 0.1) is 5.92 Å². The molecule has 3 nitrogen and oxygen atoms in total. The molecule has 3 heteroatoms. The molecular formula is C14H18N2O. The molecule has 0 fully saturated rings. The highest BCUT2D eigenvalue weighted by Crippen LogP contribution is 2.13. The summed E-state index contributed by atoms with van der Waals surface area (Å²) in [5, 5.41) is 2.85. The van der Waals surface area contributed by atoms with E-state index in [-0.39, 0.29) is 11.8 Å². The first-order valence-corrected chi connectivity index (χ1v) is 5.72. The van der Waals surface area contributed by atoms with Gasteiger partial charge >= 0.3 is 0 Å². The van der Waals surface area contributed by atoms with Gasteiger partial charge in [-0.25, -0.2) is 0 Å². The molecule has 1 amide bonds. The van der Waals surface area contributed by atoms with Gasteiger partial charge in [-0.1, -0.05) is 30.3 Å². The fraction of sp³-hybridized carbons (Fsp3) is 0.357. The van der Waals surface area contributed by atoms with Gasteiger partial charge in [0.2, 0.25) is 5.91 Å². The number of nitrogens with two attached hydrogens (primary N) is 1. The molecule has 1 rings (SSSR count). The zero-order chi connectivity index (χ0) is 12.5. The van der Waals surface area contributed by atoms with Crippen molar-refractivity contribution in [1.82, 2.24) is 5.32 Å². The number of benzene rings is 1. The molecule has 0 bridgehead atoms. The van der Waals surface area contributed by atoms with Crippen LogP contribution in [0.4, 0.5) is 0 Å². The molecule has 17 heavy (non-hydrogen) atoms. The maximum absolute atomic E-state index is 11.9. The van der Waals surface area contributed by atoms with E-state index in [9.17, 15) is 4.79 Å². The van der Waals surface area contributed by atoms with Crippen LogP contribution in [-0.4, -0.2) is 19.0 Å². The molecular weight excluding hydrogens is 212 g/mol. The van der Waals surface area contributed by atoms with Crippen LogP contribution in [0.3, 0.4) is 0 Å². The Morgan fingerprint density at radius 2 is 2.12 bits per heavy atom. The van der Waals surface area contributed by atoms with E-state index in [1.165, 1.54) is 0 Å². The minimum Gasteiger partial charge on any atom is -0.355 e. The van der Waals surface area contributed by atoms with E-state index in [2.05, 4.69) is 17.2 Å². The maximum atomic E-state index is 11.9. The van der Waals surface area contributed by atoms with Crippen molar-refractivity contribution in [2.24, 2.45) is 5.73 Å². The molecule has 1 atom stereocenters. The molecule has 0 aliphatic rings. The first-order chi connectivity index (χ1) is 8.29. The van der Waals surface area contributed by atoms with Crippen LogP contribution < -0.4 is 11.1 Å². The molecule has 0 saturated heterocycles. The minimum atomic E-state index is -0.272. The van der Waals surface area contributed by atoms with Crippen molar-refractivity contribution >= 4 is 5.91 Å². The normalized spacial score (nSPS) is 11.2. The SMILES string of the molecule is CC#CCCNC(=O)C(CN)c1ccccc1. The highest BCUT2D eigenvalue weighted by atomic mass is 16.1. The number of carbonyl (C=O) groups is 1. The van der Waals surface area contributed by atoms with Gasteiger partial charge < -0.3 is 11.1 Å². The van der Waals surface area contributed by atoms with Crippen LogP contribution >= 0.6 is 0 Å². The number of carbonyl (C=O) groups excluding carboxylic acids is 1. The van der Waals surface area contributed by atoms with E-state index in [0.29, 0.717) is 19.5 Å². The predicted octanol–water partition coefficient (Wildman–Crippen LogP) is 1.26. The van der Waals surface area contributed by atoms with Gasteiger partial charge in [-0.15, -0.1) is 11.8 Å². The Morgan fingerprint density at radius 1 is 1.41 bits per heavy atom. The Labute approximate surface area is 102 Å². The van der Waals surface area contributed by atoms with Crippen LogP contribution in [0.5, 0.6) is 0 Å². The molecule has 0 saturated carbocycles. The summed E-state index contributed by atoms with van der Waals surface area (Å²) in [6, 6.07) is 9.58. The second kappa shape index (κ2) is 7.48. The molecule has 0 heterocycles. The second-order valence-corrected chi connectivity index (χ2v) is 3.67. The van der Waals surface area contributed by atoms with Gasteiger partial charge in [0.25, 0.3) is 0 Å². The summed E-state index contributed by atoms with van der Waals surface area (Å²) in [6.45, 7) is 2.67. The van der Waals surface area contributed by atoms with Crippen LogP contribution in [0.15, 0.2) is 30.3 Å². The highest BCUT2D eigenvalue weighted by molar-refractivity contribution is 5.83. The summed E-state index contributed by atoms with van der Waals surface area (Å²) in [5.41, 5.74) is 6.60. The summed E-state index contributed by atoms with van der Waals surface area (Å²) in [5.74, 6) is 5.39. The summed E-state index contributed by atoms with van der Waals surface area (Å²) < 4.78 is 0. The Hall–Kier alpha value is -1.79. The highest BCUT2D eigenvalue weighted by Gasteiger charge is 2.17. The molecule has 90 valence electrons. The largest absolute Gasteiger partial charge is 0.355 e. The second-order valence-electron chi connectivity index (χ2n) is 3.67. The van der Waals surface area contributed by atoms with Crippen molar-refractivity contribution in [3.63, 3.8) is 0 Å². The number of rotatable bonds is 5. The molecule has 0 spiro atoms.